The number of thioether (sulfide) groups is 1. The summed E-state index contributed by atoms with van der Waals surface area (Å²) in [4.78, 5) is 11.7. The maximum atomic E-state index is 12.0. The molecule has 1 aromatic rings. The molecule has 0 aromatic heterocycles. The smallest absolute Gasteiger partial charge is 0.345 e. The van der Waals surface area contributed by atoms with Gasteiger partial charge in [0.1, 0.15) is 0 Å². The predicted molar refractivity (Wildman–Crippen MR) is 80.2 cm³/mol. The number of rotatable bonds is 7. The third-order valence-corrected chi connectivity index (χ3v) is 3.65. The highest BCUT2D eigenvalue weighted by Crippen LogP contribution is 2.21. The molecule has 0 saturated heterocycles. The third kappa shape index (κ3) is 7.22. The molecule has 6 heteroatoms. The zero-order chi connectivity index (χ0) is 15.7. The number of hydrogen-bond acceptors (Lipinski definition) is 2. The fourth-order valence-corrected chi connectivity index (χ4v) is 2.55. The highest BCUT2D eigenvalue weighted by atomic mass is 32.2. The molecule has 0 aliphatic heterocycles. The summed E-state index contributed by atoms with van der Waals surface area (Å²) in [7, 11) is 0. The SMILES string of the molecule is CCCCSc1cccc(/C=C/CNC(=O)C(F)(F)F)c1. The second kappa shape index (κ2) is 8.77. The fourth-order valence-electron chi connectivity index (χ4n) is 1.49. The van der Waals surface area contributed by atoms with Gasteiger partial charge in [-0.15, -0.1) is 11.8 Å². The first-order valence-electron chi connectivity index (χ1n) is 6.68. The lowest BCUT2D eigenvalue weighted by Crippen LogP contribution is -2.36. The molecule has 0 fully saturated rings. The molecule has 0 spiro atoms. The Morgan fingerprint density at radius 2 is 2.14 bits per heavy atom. The molecule has 21 heavy (non-hydrogen) atoms. The van der Waals surface area contributed by atoms with E-state index >= 15 is 0 Å². The van der Waals surface area contributed by atoms with Crippen molar-refractivity contribution < 1.29 is 18.0 Å². The van der Waals surface area contributed by atoms with Crippen LogP contribution in [-0.2, 0) is 4.79 Å². The predicted octanol–water partition coefficient (Wildman–Crippen LogP) is 4.27. The first kappa shape index (κ1) is 17.6. The van der Waals surface area contributed by atoms with Crippen molar-refractivity contribution in [2.75, 3.05) is 12.3 Å². The second-order valence-electron chi connectivity index (χ2n) is 4.38. The van der Waals surface area contributed by atoms with E-state index in [-0.39, 0.29) is 6.54 Å². The molecule has 1 amide bonds. The minimum absolute atomic E-state index is 0.147. The van der Waals surface area contributed by atoms with Gasteiger partial charge in [0.25, 0.3) is 0 Å². The molecule has 2 nitrogen and oxygen atoms in total. The van der Waals surface area contributed by atoms with Crippen LogP contribution in [0.5, 0.6) is 0 Å². The Bertz CT molecular complexity index is 486. The van der Waals surface area contributed by atoms with Crippen LogP contribution in [-0.4, -0.2) is 24.4 Å². The second-order valence-corrected chi connectivity index (χ2v) is 5.55. The van der Waals surface area contributed by atoms with E-state index < -0.39 is 12.1 Å². The molecule has 0 atom stereocenters. The minimum Gasteiger partial charge on any atom is -0.345 e. The van der Waals surface area contributed by atoms with Gasteiger partial charge in [0.2, 0.25) is 0 Å². The molecule has 1 aromatic carbocycles. The Morgan fingerprint density at radius 1 is 1.38 bits per heavy atom. The minimum atomic E-state index is -4.83. The molecule has 1 rings (SSSR count). The zero-order valence-corrected chi connectivity index (χ0v) is 12.6. The Kier molecular flexibility index (Phi) is 7.36. The summed E-state index contributed by atoms with van der Waals surface area (Å²) >= 11 is 1.75. The molecular weight excluding hydrogens is 299 g/mol. The van der Waals surface area contributed by atoms with Gasteiger partial charge in [0.05, 0.1) is 0 Å². The Balaban J connectivity index is 2.45. The van der Waals surface area contributed by atoms with Crippen LogP contribution >= 0.6 is 11.8 Å². The first-order valence-corrected chi connectivity index (χ1v) is 7.66. The average molecular weight is 317 g/mol. The first-order chi connectivity index (χ1) is 9.93. The molecule has 116 valence electrons. The topological polar surface area (TPSA) is 29.1 Å². The van der Waals surface area contributed by atoms with Gasteiger partial charge in [-0.3, -0.25) is 4.79 Å². The highest BCUT2D eigenvalue weighted by Gasteiger charge is 2.37. The van der Waals surface area contributed by atoms with Gasteiger partial charge in [0.15, 0.2) is 0 Å². The van der Waals surface area contributed by atoms with Gasteiger partial charge in [-0.1, -0.05) is 37.6 Å². The summed E-state index contributed by atoms with van der Waals surface area (Å²) in [5, 5.41) is 1.79. The van der Waals surface area contributed by atoms with Gasteiger partial charge in [0, 0.05) is 11.4 Å². The van der Waals surface area contributed by atoms with Gasteiger partial charge in [-0.05, 0) is 29.9 Å². The number of alkyl halides is 3. The number of carbonyl (C=O) groups excluding carboxylic acids is 1. The fraction of sp³-hybridized carbons (Fsp3) is 0.400. The number of halogens is 3. The summed E-state index contributed by atoms with van der Waals surface area (Å²) in [5.74, 6) is -0.873. The Labute approximate surface area is 126 Å². The van der Waals surface area contributed by atoms with Crippen LogP contribution in [0.1, 0.15) is 25.3 Å². The summed E-state index contributed by atoms with van der Waals surface area (Å²) in [6.07, 6.45) is 0.656. The number of benzene rings is 1. The van der Waals surface area contributed by atoms with Crippen molar-refractivity contribution in [3.63, 3.8) is 0 Å². The highest BCUT2D eigenvalue weighted by molar-refractivity contribution is 7.99. The Hall–Kier alpha value is -1.43. The molecule has 0 radical (unpaired) electrons. The molecule has 0 aliphatic carbocycles. The average Bonchev–Trinajstić information content (AvgIpc) is 2.43. The zero-order valence-electron chi connectivity index (χ0n) is 11.7. The van der Waals surface area contributed by atoms with Crippen LogP contribution < -0.4 is 5.32 Å². The summed E-state index contributed by atoms with van der Waals surface area (Å²) < 4.78 is 35.9. The van der Waals surface area contributed by atoms with E-state index in [2.05, 4.69) is 6.92 Å². The van der Waals surface area contributed by atoms with Crippen molar-refractivity contribution in [2.24, 2.45) is 0 Å². The van der Waals surface area contributed by atoms with Crippen LogP contribution in [0.4, 0.5) is 13.2 Å². The third-order valence-electron chi connectivity index (χ3n) is 2.57. The van der Waals surface area contributed by atoms with Crippen molar-refractivity contribution in [1.29, 1.82) is 0 Å². The van der Waals surface area contributed by atoms with Gasteiger partial charge < -0.3 is 5.32 Å². The van der Waals surface area contributed by atoms with E-state index in [9.17, 15) is 18.0 Å². The van der Waals surface area contributed by atoms with Gasteiger partial charge in [-0.25, -0.2) is 0 Å². The lowest BCUT2D eigenvalue weighted by molar-refractivity contribution is -0.173. The summed E-state index contributed by atoms with van der Waals surface area (Å²) in [6.45, 7) is 1.99. The molecule has 1 N–H and O–H groups in total. The maximum Gasteiger partial charge on any atom is 0.471 e. The number of amides is 1. The van der Waals surface area contributed by atoms with Crippen molar-refractivity contribution >= 4 is 23.7 Å². The van der Waals surface area contributed by atoms with Crippen molar-refractivity contribution in [2.45, 2.75) is 30.8 Å². The molecule has 0 aliphatic rings. The molecule has 0 heterocycles. The molecule has 0 unspecified atom stereocenters. The number of nitrogens with one attached hydrogen (secondary N) is 1. The van der Waals surface area contributed by atoms with Gasteiger partial charge in [-0.2, -0.15) is 13.2 Å². The van der Waals surface area contributed by atoms with E-state index in [1.165, 1.54) is 6.08 Å². The Morgan fingerprint density at radius 3 is 2.81 bits per heavy atom. The largest absolute Gasteiger partial charge is 0.471 e. The lowest BCUT2D eigenvalue weighted by atomic mass is 10.2. The molecular formula is C15H18F3NOS. The van der Waals surface area contributed by atoms with Crippen LogP contribution in [0.15, 0.2) is 35.2 Å². The van der Waals surface area contributed by atoms with Crippen LogP contribution in [0.3, 0.4) is 0 Å². The van der Waals surface area contributed by atoms with E-state index in [0.29, 0.717) is 0 Å². The number of hydrogen-bond donors (Lipinski definition) is 1. The number of unbranched alkanes of at least 4 members (excludes halogenated alkanes) is 1. The quantitative estimate of drug-likeness (QED) is 0.601. The van der Waals surface area contributed by atoms with Crippen molar-refractivity contribution in [1.82, 2.24) is 5.32 Å². The van der Waals surface area contributed by atoms with E-state index in [1.807, 2.05) is 24.3 Å². The van der Waals surface area contributed by atoms with E-state index in [1.54, 1.807) is 23.2 Å². The summed E-state index contributed by atoms with van der Waals surface area (Å²) in [6, 6.07) is 7.75. The van der Waals surface area contributed by atoms with Crippen LogP contribution in [0, 0.1) is 0 Å². The standard InChI is InChI=1S/C15H18F3NOS/c1-2-3-10-21-13-8-4-6-12(11-13)7-5-9-19-14(20)15(16,17)18/h4-8,11H,2-3,9-10H2,1H3,(H,19,20)/b7-5+. The van der Waals surface area contributed by atoms with E-state index in [4.69, 9.17) is 0 Å². The molecule has 0 saturated carbocycles. The maximum absolute atomic E-state index is 12.0. The lowest BCUT2D eigenvalue weighted by Gasteiger charge is -2.05. The van der Waals surface area contributed by atoms with Crippen LogP contribution in [0.25, 0.3) is 6.08 Å². The molecule has 0 bridgehead atoms. The van der Waals surface area contributed by atoms with Gasteiger partial charge >= 0.3 is 12.1 Å². The van der Waals surface area contributed by atoms with Crippen molar-refractivity contribution in [3.8, 4) is 0 Å². The van der Waals surface area contributed by atoms with Crippen LogP contribution in [0.2, 0.25) is 0 Å². The summed E-state index contributed by atoms with van der Waals surface area (Å²) in [5.41, 5.74) is 0.901. The van der Waals surface area contributed by atoms with Crippen molar-refractivity contribution in [3.05, 3.63) is 35.9 Å². The normalized spacial score (nSPS) is 11.8. The van der Waals surface area contributed by atoms with E-state index in [0.717, 1.165) is 29.1 Å². The number of carbonyl (C=O) groups is 1. The monoisotopic (exact) mass is 317 g/mol.